The van der Waals surface area contributed by atoms with Crippen LogP contribution in [0.3, 0.4) is 0 Å². The zero-order valence-electron chi connectivity index (χ0n) is 23.1. The summed E-state index contributed by atoms with van der Waals surface area (Å²) < 4.78 is 81.4. The summed E-state index contributed by atoms with van der Waals surface area (Å²) in [7, 11) is 1.33. The minimum Gasteiger partial charge on any atom is -0.394 e. The van der Waals surface area contributed by atoms with E-state index in [-0.39, 0.29) is 35.0 Å². The van der Waals surface area contributed by atoms with Gasteiger partial charge in [-0.1, -0.05) is 29.3 Å². The molecule has 0 aliphatic carbocycles. The number of β-amino-alcohol motifs (C(OH)–C–C–N with tert-alkyl or cyclic N) is 1. The van der Waals surface area contributed by atoms with Crippen LogP contribution < -0.4 is 9.80 Å². The molecule has 14 heteroatoms. The third kappa shape index (κ3) is 6.72. The molecule has 2 unspecified atom stereocenters. The molecular weight excluding hydrogens is 623 g/mol. The first-order chi connectivity index (χ1) is 19.8. The summed E-state index contributed by atoms with van der Waals surface area (Å²) in [5.74, 6) is -0.464. The van der Waals surface area contributed by atoms with E-state index in [0.29, 0.717) is 35.5 Å². The number of alkyl halides is 6. The molecule has 43 heavy (non-hydrogen) atoms. The lowest BCUT2D eigenvalue weighted by molar-refractivity contribution is -0.143. The number of carbonyl (C=O) groups excluding carboxylic acids is 1. The number of amides is 1. The van der Waals surface area contributed by atoms with E-state index in [0.717, 1.165) is 4.90 Å². The summed E-state index contributed by atoms with van der Waals surface area (Å²) in [6.07, 6.45) is -9.26. The quantitative estimate of drug-likeness (QED) is 0.282. The van der Waals surface area contributed by atoms with Gasteiger partial charge in [0.2, 0.25) is 5.91 Å². The lowest BCUT2D eigenvalue weighted by atomic mass is 9.81. The van der Waals surface area contributed by atoms with Crippen LogP contribution in [0.4, 0.5) is 37.8 Å². The molecule has 6 nitrogen and oxygen atoms in total. The van der Waals surface area contributed by atoms with Crippen molar-refractivity contribution >= 4 is 40.6 Å². The maximum absolute atomic E-state index is 13.9. The van der Waals surface area contributed by atoms with E-state index in [1.54, 1.807) is 17.0 Å². The standard InChI is InChI=1S/C29H27Cl2F6N3O3/c1-27(2,16-7-17(28(32,33)34)9-18(8-16)29(35,36)37)26(43)39(3)24-12-38-25(40-13-20(42)10-19(40)14-41)11-21(24)15-4-5-22(30)23(31)6-15/h4-9,11-12,19-20,41-42H,10,13-14H2,1-3H3. The van der Waals surface area contributed by atoms with Crippen molar-refractivity contribution in [3.05, 3.63) is 75.4 Å². The Bertz CT molecular complexity index is 1500. The molecule has 0 radical (unpaired) electrons. The van der Waals surface area contributed by atoms with Crippen LogP contribution >= 0.6 is 23.2 Å². The molecular formula is C29H27Cl2F6N3O3. The maximum atomic E-state index is 13.9. The van der Waals surface area contributed by atoms with Crippen LogP contribution in [0.5, 0.6) is 0 Å². The number of hydrogen-bond donors (Lipinski definition) is 2. The van der Waals surface area contributed by atoms with Gasteiger partial charge in [-0.15, -0.1) is 0 Å². The molecule has 0 spiro atoms. The number of pyridine rings is 1. The number of anilines is 2. The van der Waals surface area contributed by atoms with E-state index >= 15 is 0 Å². The van der Waals surface area contributed by atoms with Crippen molar-refractivity contribution in [2.75, 3.05) is 30.0 Å². The molecule has 1 amide bonds. The topological polar surface area (TPSA) is 76.9 Å². The second-order valence-electron chi connectivity index (χ2n) is 10.9. The minimum atomic E-state index is -5.09. The van der Waals surface area contributed by atoms with E-state index in [9.17, 15) is 41.4 Å². The molecule has 2 aromatic carbocycles. The number of aliphatic hydroxyl groups is 2. The second kappa shape index (κ2) is 11.8. The van der Waals surface area contributed by atoms with E-state index in [2.05, 4.69) is 4.98 Å². The molecule has 1 aliphatic heterocycles. The monoisotopic (exact) mass is 649 g/mol. The van der Waals surface area contributed by atoms with Crippen molar-refractivity contribution < 1.29 is 41.4 Å². The first-order valence-corrected chi connectivity index (χ1v) is 13.7. The van der Waals surface area contributed by atoms with E-state index in [1.807, 2.05) is 0 Å². The van der Waals surface area contributed by atoms with Gasteiger partial charge < -0.3 is 20.0 Å². The zero-order chi connectivity index (χ0) is 32.1. The lowest BCUT2D eigenvalue weighted by Gasteiger charge is -2.32. The van der Waals surface area contributed by atoms with Crippen LogP contribution in [0.2, 0.25) is 10.0 Å². The molecule has 1 aliphatic rings. The van der Waals surface area contributed by atoms with Crippen LogP contribution in [-0.2, 0) is 22.6 Å². The number of halogens is 8. The first-order valence-electron chi connectivity index (χ1n) is 12.9. The number of hydrogen-bond acceptors (Lipinski definition) is 5. The number of likely N-dealkylation sites (N-methyl/N-ethyl adjacent to an activating group) is 1. The van der Waals surface area contributed by atoms with Gasteiger partial charge in [0.15, 0.2) is 0 Å². The number of benzene rings is 2. The Kier molecular flexibility index (Phi) is 9.01. The minimum absolute atomic E-state index is 0.00767. The smallest absolute Gasteiger partial charge is 0.394 e. The molecule has 2 N–H and O–H groups in total. The summed E-state index contributed by atoms with van der Waals surface area (Å²) >= 11 is 12.4. The van der Waals surface area contributed by atoms with Gasteiger partial charge in [0, 0.05) is 19.2 Å². The fourth-order valence-corrected chi connectivity index (χ4v) is 5.37. The van der Waals surface area contributed by atoms with Crippen LogP contribution in [-0.4, -0.2) is 53.4 Å². The van der Waals surface area contributed by atoms with E-state index in [1.165, 1.54) is 39.2 Å². The van der Waals surface area contributed by atoms with Crippen molar-refractivity contribution in [2.24, 2.45) is 0 Å². The summed E-state index contributed by atoms with van der Waals surface area (Å²) in [6.45, 7) is 2.39. The first kappa shape index (κ1) is 32.8. The number of aromatic nitrogens is 1. The summed E-state index contributed by atoms with van der Waals surface area (Å²) in [5, 5.41) is 20.4. The number of rotatable bonds is 6. The third-order valence-corrected chi connectivity index (χ3v) is 8.25. The van der Waals surface area contributed by atoms with E-state index in [4.69, 9.17) is 23.2 Å². The number of carbonyl (C=O) groups is 1. The molecule has 0 saturated carbocycles. The Morgan fingerprint density at radius 2 is 1.56 bits per heavy atom. The molecule has 4 rings (SSSR count). The Balaban J connectivity index is 1.83. The van der Waals surface area contributed by atoms with Crippen LogP contribution in [0, 0.1) is 0 Å². The van der Waals surface area contributed by atoms with Crippen molar-refractivity contribution in [1.82, 2.24) is 4.98 Å². The van der Waals surface area contributed by atoms with Crippen molar-refractivity contribution in [1.29, 1.82) is 0 Å². The Morgan fingerprint density at radius 1 is 0.977 bits per heavy atom. The Hall–Kier alpha value is -3.06. The maximum Gasteiger partial charge on any atom is 0.416 e. The Labute approximate surface area is 253 Å². The zero-order valence-corrected chi connectivity index (χ0v) is 24.6. The summed E-state index contributed by atoms with van der Waals surface area (Å²) in [4.78, 5) is 21.1. The third-order valence-electron chi connectivity index (χ3n) is 7.51. The average molecular weight is 650 g/mol. The fraction of sp³-hybridized carbons (Fsp3) is 0.379. The normalized spacial score (nSPS) is 17.8. The highest BCUT2D eigenvalue weighted by Gasteiger charge is 2.41. The fourth-order valence-electron chi connectivity index (χ4n) is 5.07. The predicted molar refractivity (Wildman–Crippen MR) is 151 cm³/mol. The summed E-state index contributed by atoms with van der Waals surface area (Å²) in [6, 6.07) is 6.91. The van der Waals surface area contributed by atoms with E-state index < -0.39 is 52.5 Å². The predicted octanol–water partition coefficient (Wildman–Crippen LogP) is 6.97. The van der Waals surface area contributed by atoms with Crippen LogP contribution in [0.25, 0.3) is 11.1 Å². The van der Waals surface area contributed by atoms with Gasteiger partial charge >= 0.3 is 12.4 Å². The molecule has 1 aromatic heterocycles. The number of aliphatic hydroxyl groups excluding tert-OH is 2. The van der Waals surface area contributed by atoms with Gasteiger partial charge in [-0.25, -0.2) is 4.98 Å². The second-order valence-corrected chi connectivity index (χ2v) is 11.7. The number of nitrogens with zero attached hydrogens (tertiary/aromatic N) is 3. The highest BCUT2D eigenvalue weighted by molar-refractivity contribution is 6.42. The van der Waals surface area contributed by atoms with Gasteiger partial charge in [-0.05, 0) is 67.8 Å². The largest absolute Gasteiger partial charge is 0.416 e. The Morgan fingerprint density at radius 3 is 2.09 bits per heavy atom. The molecule has 1 fully saturated rings. The van der Waals surface area contributed by atoms with Gasteiger partial charge in [-0.3, -0.25) is 4.79 Å². The highest BCUT2D eigenvalue weighted by Crippen LogP contribution is 2.42. The molecule has 0 bridgehead atoms. The average Bonchev–Trinajstić information content (AvgIpc) is 3.32. The highest BCUT2D eigenvalue weighted by atomic mass is 35.5. The lowest BCUT2D eigenvalue weighted by Crippen LogP contribution is -2.42. The molecule has 3 aromatic rings. The molecule has 232 valence electrons. The van der Waals surface area contributed by atoms with Crippen molar-refractivity contribution in [3.63, 3.8) is 0 Å². The van der Waals surface area contributed by atoms with Gasteiger partial charge in [0.1, 0.15) is 5.82 Å². The molecule has 1 saturated heterocycles. The summed E-state index contributed by atoms with van der Waals surface area (Å²) in [5.41, 5.74) is -4.38. The van der Waals surface area contributed by atoms with Crippen LogP contribution in [0.1, 0.15) is 37.0 Å². The van der Waals surface area contributed by atoms with Gasteiger partial charge in [0.25, 0.3) is 0 Å². The van der Waals surface area contributed by atoms with Crippen LogP contribution in [0.15, 0.2) is 48.7 Å². The molecule has 2 atom stereocenters. The molecule has 2 heterocycles. The van der Waals surface area contributed by atoms with Crippen molar-refractivity contribution in [2.45, 2.75) is 50.2 Å². The van der Waals surface area contributed by atoms with Crippen molar-refractivity contribution in [3.8, 4) is 11.1 Å². The van der Waals surface area contributed by atoms with Gasteiger partial charge in [-0.2, -0.15) is 26.3 Å². The SMILES string of the molecule is CN(C(=O)C(C)(C)c1cc(C(F)(F)F)cc(C(F)(F)F)c1)c1cnc(N2CC(O)CC2CO)cc1-c1ccc(Cl)c(Cl)c1. The van der Waals surface area contributed by atoms with Gasteiger partial charge in [0.05, 0.1) is 57.2 Å².